The topological polar surface area (TPSA) is 0 Å². The van der Waals surface area contributed by atoms with E-state index in [9.17, 15) is 34.0 Å². The number of hydrogen-bond donors (Lipinski definition) is 0. The molecule has 0 bridgehead atoms. The van der Waals surface area contributed by atoms with Crippen molar-refractivity contribution in [2.24, 2.45) is 0 Å². The Kier molecular flexibility index (Phi) is 6.36. The van der Waals surface area contributed by atoms with Crippen molar-refractivity contribution in [2.45, 2.75) is 20.9 Å². The van der Waals surface area contributed by atoms with E-state index >= 15 is 0 Å². The van der Waals surface area contributed by atoms with Crippen LogP contribution in [-0.2, 0) is 17.1 Å². The van der Waals surface area contributed by atoms with Gasteiger partial charge in [0.2, 0.25) is 0 Å². The Morgan fingerprint density at radius 3 is 1.10 bits per heavy atom. The third kappa shape index (κ3) is 9.17. The van der Waals surface area contributed by atoms with E-state index in [1.165, 1.54) is 0 Å². The van der Waals surface area contributed by atoms with Crippen molar-refractivity contribution in [2.75, 3.05) is 0 Å². The Labute approximate surface area is 170 Å². The molecule has 0 aromatic heterocycles. The van der Waals surface area contributed by atoms with Gasteiger partial charge < -0.3 is 0 Å². The van der Waals surface area contributed by atoms with Crippen LogP contribution in [0.1, 0.15) is 5.56 Å². The van der Waals surface area contributed by atoms with E-state index in [0.29, 0.717) is 0 Å². The van der Waals surface area contributed by atoms with Gasteiger partial charge in [-0.2, -0.15) is 13.2 Å². The normalized spacial score (nSPS) is 14.3. The summed E-state index contributed by atoms with van der Waals surface area (Å²) in [6.45, 7) is 0. The molecule has 0 radical (unpaired) electrons. The molecule has 3 rings (SSSR count). The molecule has 0 spiro atoms. The molecule has 0 aliphatic heterocycles. The van der Waals surface area contributed by atoms with Gasteiger partial charge in [-0.05, 0) is 48.5 Å². The molecule has 0 heterocycles. The van der Waals surface area contributed by atoms with E-state index in [2.05, 4.69) is 0 Å². The first kappa shape index (κ1) is 24.2. The summed E-state index contributed by atoms with van der Waals surface area (Å²) in [6, 6.07) is 25.1. The molecule has 0 unspecified atom stereocenters. The molecule has 0 amide bonds. The van der Waals surface area contributed by atoms with Crippen LogP contribution < -0.4 is 0 Å². The van der Waals surface area contributed by atoms with E-state index in [-0.39, 0.29) is 0 Å². The van der Waals surface area contributed by atoms with Gasteiger partial charge in [-0.3, -0.25) is 0 Å². The summed E-state index contributed by atoms with van der Waals surface area (Å²) in [5.74, 6) is 0. The fourth-order valence-corrected chi connectivity index (χ4v) is 4.38. The predicted octanol–water partition coefficient (Wildman–Crippen LogP) is 7.94. The summed E-state index contributed by atoms with van der Waals surface area (Å²) in [5.41, 5.74) is -0.620. The number of halogens is 9. The van der Waals surface area contributed by atoms with Crippen LogP contribution in [0.4, 0.5) is 34.0 Å². The van der Waals surface area contributed by atoms with Gasteiger partial charge in [-0.25, -0.2) is 0 Å². The van der Waals surface area contributed by atoms with Gasteiger partial charge in [-0.15, -0.1) is 0 Å². The Morgan fingerprint density at radius 1 is 0.500 bits per heavy atom. The Bertz CT molecular complexity index is 902. The SMILES string of the molecule is FC(F)(F)c1ccc([S+](c2ccccc2)c2ccccc2)cc1.F[As-](F)(F)(F)(F)F. The molecule has 3 aromatic carbocycles. The molecule has 3 aromatic rings. The van der Waals surface area contributed by atoms with Crippen LogP contribution in [0.25, 0.3) is 0 Å². The van der Waals surface area contributed by atoms with Crippen LogP contribution >= 0.6 is 0 Å². The van der Waals surface area contributed by atoms with E-state index < -0.39 is 36.8 Å². The zero-order valence-electron chi connectivity index (χ0n) is 14.8. The maximum atomic E-state index is 12.8. The predicted molar refractivity (Wildman–Crippen MR) is 98.9 cm³/mol. The first-order valence-corrected chi connectivity index (χ1v) is 13.6. The van der Waals surface area contributed by atoms with Gasteiger partial charge in [0.05, 0.1) is 16.5 Å². The Morgan fingerprint density at radius 2 is 0.800 bits per heavy atom. The summed E-state index contributed by atoms with van der Waals surface area (Å²) in [4.78, 5) is 3.03. The van der Waals surface area contributed by atoms with Crippen LogP contribution in [0, 0.1) is 0 Å². The molecular formula is C19H14AsF9S. The van der Waals surface area contributed by atoms with Crippen molar-refractivity contribution < 1.29 is 34.0 Å². The molecule has 0 atom stereocenters. The fourth-order valence-electron chi connectivity index (χ4n) is 2.30. The first-order valence-electron chi connectivity index (χ1n) is 8.09. The third-order valence-corrected chi connectivity index (χ3v) is 5.61. The standard InChI is InChI=1S/C19H14F3S.AsF6/c20-19(21,22)15-11-13-18(14-12-15)23(16-7-3-1-4-8-16)17-9-5-2-6-10-17;2-1(3,4,5,6)7/h1-14H;/q+1;-1. The first-order chi connectivity index (χ1) is 13.5. The van der Waals surface area contributed by atoms with E-state index in [1.807, 2.05) is 60.7 Å². The summed E-state index contributed by atoms with van der Waals surface area (Å²) in [7, 11) is -0.417. The van der Waals surface area contributed by atoms with E-state index in [0.717, 1.165) is 26.8 Å². The van der Waals surface area contributed by atoms with Crippen molar-refractivity contribution in [3.63, 3.8) is 0 Å². The van der Waals surface area contributed by atoms with Crippen LogP contribution in [0.3, 0.4) is 0 Å². The fraction of sp³-hybridized carbons (Fsp3) is 0.0526. The van der Waals surface area contributed by atoms with Crippen molar-refractivity contribution in [3.05, 3.63) is 90.5 Å². The number of alkyl halides is 3. The van der Waals surface area contributed by atoms with Gasteiger partial charge >= 0.3 is 41.1 Å². The Hall–Kier alpha value is -2.06. The molecule has 0 aliphatic carbocycles. The third-order valence-electron chi connectivity index (χ3n) is 3.38. The zero-order chi connectivity index (χ0) is 22.7. The molecule has 30 heavy (non-hydrogen) atoms. The minimum atomic E-state index is -11.1. The second-order valence-corrected chi connectivity index (χ2v) is 12.0. The van der Waals surface area contributed by atoms with Gasteiger partial charge in [-0.1, -0.05) is 36.4 Å². The van der Waals surface area contributed by atoms with Crippen LogP contribution in [0.15, 0.2) is 99.6 Å². The van der Waals surface area contributed by atoms with Gasteiger partial charge in [0, 0.05) is 0 Å². The van der Waals surface area contributed by atoms with Crippen molar-refractivity contribution in [3.8, 4) is 0 Å². The average molecular weight is 520 g/mol. The molecule has 11 heteroatoms. The summed E-state index contributed by atoms with van der Waals surface area (Å²) in [5, 5.41) is 0. The average Bonchev–Trinajstić information content (AvgIpc) is 2.61. The molecule has 0 saturated heterocycles. The van der Waals surface area contributed by atoms with Crippen molar-refractivity contribution in [1.29, 1.82) is 0 Å². The van der Waals surface area contributed by atoms with Gasteiger partial charge in [0.1, 0.15) is 0 Å². The molecule has 0 N–H and O–H groups in total. The van der Waals surface area contributed by atoms with Gasteiger partial charge in [0.15, 0.2) is 14.7 Å². The molecule has 0 nitrogen and oxygen atoms in total. The van der Waals surface area contributed by atoms with E-state index in [4.69, 9.17) is 0 Å². The molecule has 0 saturated carbocycles. The zero-order valence-corrected chi connectivity index (χ0v) is 17.5. The van der Waals surface area contributed by atoms with Gasteiger partial charge in [0.25, 0.3) is 0 Å². The van der Waals surface area contributed by atoms with Crippen molar-refractivity contribution in [1.82, 2.24) is 0 Å². The second kappa shape index (κ2) is 7.89. The summed E-state index contributed by atoms with van der Waals surface area (Å²) < 4.78 is 97.7. The van der Waals surface area contributed by atoms with Crippen LogP contribution in [-0.4, -0.2) is 14.2 Å². The van der Waals surface area contributed by atoms with Crippen molar-refractivity contribution >= 4 is 25.1 Å². The number of benzene rings is 3. The molecular weight excluding hydrogens is 506 g/mol. The molecule has 0 aliphatic rings. The van der Waals surface area contributed by atoms with Crippen LogP contribution in [0.2, 0.25) is 0 Å². The van der Waals surface area contributed by atoms with E-state index in [1.54, 1.807) is 12.1 Å². The quantitative estimate of drug-likeness (QED) is 0.187. The molecule has 0 fully saturated rings. The maximum absolute atomic E-state index is 12.8. The minimum absolute atomic E-state index is 0.417. The van der Waals surface area contributed by atoms with Crippen LogP contribution in [0.5, 0.6) is 0 Å². The second-order valence-electron chi connectivity index (χ2n) is 5.91. The molecule has 164 valence electrons. The summed E-state index contributed by atoms with van der Waals surface area (Å²) in [6.07, 6.45) is -4.31. The summed E-state index contributed by atoms with van der Waals surface area (Å²) >= 11 is -11.1. The number of hydrogen-bond acceptors (Lipinski definition) is 0. The monoisotopic (exact) mass is 520 g/mol. The number of rotatable bonds is 3. The Balaban J connectivity index is 0.000000396.